The van der Waals surface area contributed by atoms with Crippen molar-refractivity contribution in [2.24, 2.45) is 17.8 Å². The number of rotatable bonds is 2. The van der Waals surface area contributed by atoms with E-state index in [0.29, 0.717) is 17.9 Å². The van der Waals surface area contributed by atoms with Gasteiger partial charge in [0, 0.05) is 32.1 Å². The lowest BCUT2D eigenvalue weighted by Gasteiger charge is -2.61. The van der Waals surface area contributed by atoms with Gasteiger partial charge in [-0.15, -0.1) is 0 Å². The molecule has 4 bridgehead atoms. The Morgan fingerprint density at radius 1 is 1.07 bits per heavy atom. The van der Waals surface area contributed by atoms with Gasteiger partial charge in [0.25, 0.3) is 0 Å². The lowest BCUT2D eigenvalue weighted by molar-refractivity contribution is -0.127. The molecule has 3 amide bonds. The Labute approximate surface area is 172 Å². The first kappa shape index (κ1) is 17.8. The van der Waals surface area contributed by atoms with Crippen LogP contribution in [-0.4, -0.2) is 52.5 Å². The number of nitrogens with zero attached hydrogens (tertiary/aromatic N) is 2. The number of amides is 3. The van der Waals surface area contributed by atoms with Crippen LogP contribution in [-0.2, 0) is 17.6 Å². The van der Waals surface area contributed by atoms with Gasteiger partial charge in [0.2, 0.25) is 5.91 Å². The number of hydrogen-bond donors (Lipinski definition) is 1. The smallest absolute Gasteiger partial charge is 0.320 e. The third kappa shape index (κ3) is 2.45. The van der Waals surface area contributed by atoms with E-state index in [1.54, 1.807) is 6.92 Å². The first-order chi connectivity index (χ1) is 13.9. The number of carbonyl (C=O) groups is 2. The Hall–Kier alpha value is -2.04. The molecule has 6 aliphatic rings. The van der Waals surface area contributed by atoms with Crippen molar-refractivity contribution in [2.45, 2.75) is 69.0 Å². The number of fused-ring (bicyclic) bond motifs is 1. The van der Waals surface area contributed by atoms with E-state index in [-0.39, 0.29) is 23.0 Å². The van der Waals surface area contributed by atoms with E-state index < -0.39 is 0 Å². The Balaban J connectivity index is 1.28. The van der Waals surface area contributed by atoms with Gasteiger partial charge in [-0.05, 0) is 73.8 Å². The van der Waals surface area contributed by atoms with Crippen molar-refractivity contribution < 1.29 is 9.59 Å². The maximum absolute atomic E-state index is 13.5. The quantitative estimate of drug-likeness (QED) is 0.840. The second-order valence-electron chi connectivity index (χ2n) is 10.7. The molecule has 1 saturated heterocycles. The zero-order valence-corrected chi connectivity index (χ0v) is 17.5. The summed E-state index contributed by atoms with van der Waals surface area (Å²) in [6, 6.07) is 9.27. The molecule has 1 N–H and O–H groups in total. The third-order valence-electron chi connectivity index (χ3n) is 8.89. The third-order valence-corrected chi connectivity index (χ3v) is 8.89. The lowest BCUT2D eigenvalue weighted by atomic mass is 9.50. The predicted octanol–water partition coefficient (Wildman–Crippen LogP) is 2.97. The molecule has 1 spiro atoms. The van der Waals surface area contributed by atoms with Crippen molar-refractivity contribution in [2.75, 3.05) is 13.6 Å². The van der Waals surface area contributed by atoms with Crippen LogP contribution in [0.15, 0.2) is 24.3 Å². The van der Waals surface area contributed by atoms with Gasteiger partial charge in [0.05, 0.1) is 5.54 Å². The average Bonchev–Trinajstić information content (AvgIpc) is 3.13. The normalized spacial score (nSPS) is 38.8. The first-order valence-corrected chi connectivity index (χ1v) is 11.3. The molecule has 5 nitrogen and oxygen atoms in total. The Kier molecular flexibility index (Phi) is 3.54. The van der Waals surface area contributed by atoms with Gasteiger partial charge in [0.15, 0.2) is 0 Å². The molecule has 1 aromatic carbocycles. The van der Waals surface area contributed by atoms with Gasteiger partial charge >= 0.3 is 6.03 Å². The van der Waals surface area contributed by atoms with Crippen molar-refractivity contribution >= 4 is 11.9 Å². The van der Waals surface area contributed by atoms with E-state index in [1.807, 2.05) is 7.05 Å². The van der Waals surface area contributed by atoms with E-state index in [0.717, 1.165) is 44.6 Å². The molecule has 2 unspecified atom stereocenters. The van der Waals surface area contributed by atoms with Crippen LogP contribution in [0.5, 0.6) is 0 Å². The minimum Gasteiger partial charge on any atom is -0.351 e. The van der Waals surface area contributed by atoms with Crippen LogP contribution < -0.4 is 5.32 Å². The molecule has 0 radical (unpaired) electrons. The fourth-order valence-corrected chi connectivity index (χ4v) is 8.18. The number of benzene rings is 1. The summed E-state index contributed by atoms with van der Waals surface area (Å²) >= 11 is 0. The second kappa shape index (κ2) is 5.77. The van der Waals surface area contributed by atoms with Crippen LogP contribution in [0.1, 0.15) is 50.2 Å². The van der Waals surface area contributed by atoms with Gasteiger partial charge in [-0.1, -0.05) is 24.3 Å². The van der Waals surface area contributed by atoms with Gasteiger partial charge in [-0.2, -0.15) is 0 Å². The van der Waals surface area contributed by atoms with Gasteiger partial charge in [0.1, 0.15) is 0 Å². The van der Waals surface area contributed by atoms with Crippen LogP contribution in [0.2, 0.25) is 0 Å². The monoisotopic (exact) mass is 393 g/mol. The SMILES string of the molecule is CC(=O)NC12CC3CC(C1)C(N1CC4(Cc5ccccc5C4)N(C)C1=O)C(C3)C2. The summed E-state index contributed by atoms with van der Waals surface area (Å²) in [5.74, 6) is 1.88. The topological polar surface area (TPSA) is 52.7 Å². The predicted molar refractivity (Wildman–Crippen MR) is 110 cm³/mol. The molecule has 7 rings (SSSR count). The summed E-state index contributed by atoms with van der Waals surface area (Å²) in [6.07, 6.45) is 7.63. The molecule has 29 heavy (non-hydrogen) atoms. The van der Waals surface area contributed by atoms with Gasteiger partial charge < -0.3 is 15.1 Å². The molecule has 5 aliphatic carbocycles. The summed E-state index contributed by atoms with van der Waals surface area (Å²) in [4.78, 5) is 29.6. The maximum Gasteiger partial charge on any atom is 0.320 e. The van der Waals surface area contributed by atoms with Crippen molar-refractivity contribution in [1.29, 1.82) is 0 Å². The summed E-state index contributed by atoms with van der Waals surface area (Å²) in [5, 5.41) is 3.33. The summed E-state index contributed by atoms with van der Waals surface area (Å²) in [7, 11) is 2.02. The highest BCUT2D eigenvalue weighted by atomic mass is 16.2. The average molecular weight is 394 g/mol. The maximum atomic E-state index is 13.5. The van der Waals surface area contributed by atoms with Crippen LogP contribution >= 0.6 is 0 Å². The largest absolute Gasteiger partial charge is 0.351 e. The summed E-state index contributed by atoms with van der Waals surface area (Å²) < 4.78 is 0. The zero-order valence-electron chi connectivity index (χ0n) is 17.5. The number of hydrogen-bond acceptors (Lipinski definition) is 2. The highest BCUT2D eigenvalue weighted by Gasteiger charge is 2.61. The summed E-state index contributed by atoms with van der Waals surface area (Å²) in [5.41, 5.74) is 2.73. The van der Waals surface area contributed by atoms with Crippen LogP contribution in [0, 0.1) is 17.8 Å². The molecule has 4 saturated carbocycles. The number of nitrogens with one attached hydrogen (secondary N) is 1. The minimum atomic E-state index is -0.0786. The number of carbonyl (C=O) groups excluding carboxylic acids is 2. The molecule has 0 aromatic heterocycles. The molecule has 2 atom stereocenters. The van der Waals surface area contributed by atoms with E-state index in [2.05, 4.69) is 39.4 Å². The fraction of sp³-hybridized carbons (Fsp3) is 0.667. The molecule has 5 fully saturated rings. The fourth-order valence-electron chi connectivity index (χ4n) is 8.18. The van der Waals surface area contributed by atoms with E-state index in [4.69, 9.17) is 0 Å². The number of urea groups is 1. The highest BCUT2D eigenvalue weighted by Crippen LogP contribution is 2.58. The van der Waals surface area contributed by atoms with Crippen molar-refractivity contribution in [3.8, 4) is 0 Å². The lowest BCUT2D eigenvalue weighted by Crippen LogP contribution is -2.66. The number of likely N-dealkylation sites (N-methyl/N-ethyl adjacent to an activating group) is 1. The standard InChI is InChI=1S/C24H31N3O2/c1-15(28)25-23-9-16-7-19(10-23)21(20(8-16)11-23)27-14-24(26(2)22(27)29)12-17-5-3-4-6-18(17)13-24/h3-6,16,19-21H,7-14H2,1-2H3,(H,25,28). The highest BCUT2D eigenvalue weighted by molar-refractivity contribution is 5.79. The van der Waals surface area contributed by atoms with Crippen LogP contribution in [0.3, 0.4) is 0 Å². The second-order valence-corrected chi connectivity index (χ2v) is 10.7. The molecule has 1 aromatic rings. The molecule has 1 aliphatic heterocycles. The van der Waals surface area contributed by atoms with E-state index in [9.17, 15) is 9.59 Å². The van der Waals surface area contributed by atoms with E-state index >= 15 is 0 Å². The van der Waals surface area contributed by atoms with Crippen LogP contribution in [0.25, 0.3) is 0 Å². The first-order valence-electron chi connectivity index (χ1n) is 11.3. The molecule has 1 heterocycles. The Bertz CT molecular complexity index is 855. The molecule has 154 valence electrons. The van der Waals surface area contributed by atoms with Gasteiger partial charge in [-0.25, -0.2) is 4.79 Å². The zero-order chi connectivity index (χ0) is 20.0. The van der Waals surface area contributed by atoms with Crippen molar-refractivity contribution in [1.82, 2.24) is 15.1 Å². The Morgan fingerprint density at radius 2 is 1.69 bits per heavy atom. The summed E-state index contributed by atoms with van der Waals surface area (Å²) in [6.45, 7) is 2.50. The van der Waals surface area contributed by atoms with Gasteiger partial charge in [-0.3, -0.25) is 4.79 Å². The molecule has 5 heteroatoms. The minimum absolute atomic E-state index is 0.00517. The van der Waals surface area contributed by atoms with Crippen molar-refractivity contribution in [3.63, 3.8) is 0 Å². The molecular weight excluding hydrogens is 362 g/mol. The van der Waals surface area contributed by atoms with Crippen molar-refractivity contribution in [3.05, 3.63) is 35.4 Å². The Morgan fingerprint density at radius 3 is 2.28 bits per heavy atom. The van der Waals surface area contributed by atoms with Crippen LogP contribution in [0.4, 0.5) is 4.79 Å². The molecular formula is C24H31N3O2. The van der Waals surface area contributed by atoms with E-state index in [1.165, 1.54) is 24.0 Å².